The van der Waals surface area contributed by atoms with Crippen LogP contribution >= 0.6 is 23.4 Å². The third-order valence-corrected chi connectivity index (χ3v) is 6.52. The van der Waals surface area contributed by atoms with Crippen molar-refractivity contribution in [3.63, 3.8) is 0 Å². The minimum absolute atomic E-state index is 0.0260. The zero-order valence-electron chi connectivity index (χ0n) is 19.1. The van der Waals surface area contributed by atoms with Gasteiger partial charge in [-0.05, 0) is 78.0 Å². The molecule has 3 aromatic carbocycles. The van der Waals surface area contributed by atoms with Crippen molar-refractivity contribution in [3.8, 4) is 28.1 Å². The molecule has 0 bridgehead atoms. The Balaban J connectivity index is 1.72. The molecule has 0 atom stereocenters. The number of amides is 1. The summed E-state index contributed by atoms with van der Waals surface area (Å²) in [6, 6.07) is 22.0. The fourth-order valence-corrected chi connectivity index (χ4v) is 4.40. The molecule has 0 saturated carbocycles. The van der Waals surface area contributed by atoms with Crippen molar-refractivity contribution < 1.29 is 9.53 Å². The fourth-order valence-electron chi connectivity index (χ4n) is 3.75. The summed E-state index contributed by atoms with van der Waals surface area (Å²) in [5, 5.41) is 6.53. The van der Waals surface area contributed by atoms with Gasteiger partial charge in [-0.3, -0.25) is 9.78 Å². The van der Waals surface area contributed by atoms with E-state index in [0.717, 1.165) is 21.6 Å². The Morgan fingerprint density at radius 3 is 2.63 bits per heavy atom. The molecule has 0 spiro atoms. The number of methoxy groups -OCH3 is 1. The van der Waals surface area contributed by atoms with Crippen LogP contribution in [0.15, 0.2) is 89.1 Å². The van der Waals surface area contributed by atoms with Crippen molar-refractivity contribution in [3.05, 3.63) is 100 Å². The Labute approximate surface area is 212 Å². The quantitative estimate of drug-likeness (QED) is 0.201. The highest BCUT2D eigenvalue weighted by atomic mass is 35.5. The highest BCUT2D eigenvalue weighted by Crippen LogP contribution is 2.34. The van der Waals surface area contributed by atoms with Gasteiger partial charge in [-0.15, -0.1) is 11.8 Å². The van der Waals surface area contributed by atoms with E-state index in [9.17, 15) is 9.70 Å². The van der Waals surface area contributed by atoms with Gasteiger partial charge in [0.15, 0.2) is 0 Å². The van der Waals surface area contributed by atoms with Crippen molar-refractivity contribution in [2.45, 2.75) is 11.4 Å². The molecule has 1 aromatic heterocycles. The average molecular weight is 504 g/mol. The number of thioether (sulfide) groups is 1. The first-order valence-electron chi connectivity index (χ1n) is 10.7. The van der Waals surface area contributed by atoms with Gasteiger partial charge in [-0.25, -0.2) is 0 Å². The Morgan fingerprint density at radius 2 is 1.91 bits per heavy atom. The molecule has 8 heteroatoms. The number of ether oxygens (including phenoxy) is 1. The SMILES string of the molecule is COc1ccc(-c2cc(SC)ccc2C(=O)Nc2ccc(Cl)c(-c3ccccn3)c2)cc1CN=O. The summed E-state index contributed by atoms with van der Waals surface area (Å²) in [6.45, 7) is -0.0260. The summed E-state index contributed by atoms with van der Waals surface area (Å²) in [7, 11) is 1.54. The van der Waals surface area contributed by atoms with Crippen molar-refractivity contribution in [1.29, 1.82) is 0 Å². The van der Waals surface area contributed by atoms with Gasteiger partial charge in [0.2, 0.25) is 0 Å². The molecular formula is C27H22ClN3O3S. The van der Waals surface area contributed by atoms with Gasteiger partial charge < -0.3 is 10.1 Å². The van der Waals surface area contributed by atoms with Gasteiger partial charge in [0.1, 0.15) is 12.3 Å². The van der Waals surface area contributed by atoms with Crippen molar-refractivity contribution in [2.75, 3.05) is 18.7 Å². The maximum absolute atomic E-state index is 13.4. The standard InChI is InChI=1S/C27H22ClN3O3S/c1-34-26-11-6-17(13-18(26)16-30-33)22-15-20(35-2)8-9-21(22)27(32)31-19-7-10-24(28)23(14-19)25-5-3-4-12-29-25/h3-15H,16H2,1-2H3,(H,31,32). The number of pyridine rings is 1. The Morgan fingerprint density at radius 1 is 1.06 bits per heavy atom. The Kier molecular flexibility index (Phi) is 7.80. The molecule has 1 heterocycles. The Bertz CT molecular complexity index is 1380. The molecule has 176 valence electrons. The summed E-state index contributed by atoms with van der Waals surface area (Å²) in [5.41, 5.74) is 4.71. The van der Waals surface area contributed by atoms with Gasteiger partial charge in [0.05, 0.1) is 17.8 Å². The third kappa shape index (κ3) is 5.53. The molecule has 0 unspecified atom stereocenters. The van der Waals surface area contributed by atoms with Crippen molar-refractivity contribution in [2.24, 2.45) is 5.18 Å². The minimum atomic E-state index is -0.271. The Hall–Kier alpha value is -3.68. The predicted octanol–water partition coefficient (Wildman–Crippen LogP) is 7.32. The number of nitrogens with zero attached hydrogens (tertiary/aromatic N) is 2. The molecule has 35 heavy (non-hydrogen) atoms. The van der Waals surface area contributed by atoms with Gasteiger partial charge in [-0.2, -0.15) is 4.91 Å². The first kappa shape index (κ1) is 24.4. The van der Waals surface area contributed by atoms with Gasteiger partial charge in [-0.1, -0.05) is 28.9 Å². The van der Waals surface area contributed by atoms with E-state index in [1.54, 1.807) is 55.4 Å². The summed E-state index contributed by atoms with van der Waals surface area (Å²) in [4.78, 5) is 29.7. The average Bonchev–Trinajstić information content (AvgIpc) is 2.90. The molecular weight excluding hydrogens is 482 g/mol. The lowest BCUT2D eigenvalue weighted by Gasteiger charge is -2.15. The van der Waals surface area contributed by atoms with E-state index in [-0.39, 0.29) is 12.5 Å². The molecule has 0 radical (unpaired) electrons. The van der Waals surface area contributed by atoms with E-state index in [2.05, 4.69) is 15.5 Å². The molecule has 0 aliphatic heterocycles. The van der Waals surface area contributed by atoms with Crippen LogP contribution < -0.4 is 10.1 Å². The van der Waals surface area contributed by atoms with Crippen LogP contribution in [0.4, 0.5) is 5.69 Å². The van der Waals surface area contributed by atoms with E-state index in [1.807, 2.05) is 48.7 Å². The number of nitroso groups, excluding NO2 is 1. The molecule has 0 aliphatic carbocycles. The maximum atomic E-state index is 13.4. The monoisotopic (exact) mass is 503 g/mol. The van der Waals surface area contributed by atoms with Crippen LogP contribution in [-0.2, 0) is 6.54 Å². The highest BCUT2D eigenvalue weighted by Gasteiger charge is 2.17. The van der Waals surface area contributed by atoms with Crippen LogP contribution in [-0.4, -0.2) is 24.3 Å². The number of carbonyl (C=O) groups is 1. The second-order valence-electron chi connectivity index (χ2n) is 7.59. The van der Waals surface area contributed by atoms with Crippen LogP contribution in [0.5, 0.6) is 5.75 Å². The van der Waals surface area contributed by atoms with Gasteiger partial charge in [0, 0.05) is 33.5 Å². The summed E-state index contributed by atoms with van der Waals surface area (Å²) >= 11 is 7.97. The molecule has 6 nitrogen and oxygen atoms in total. The zero-order chi connectivity index (χ0) is 24.8. The first-order valence-corrected chi connectivity index (χ1v) is 12.3. The van der Waals surface area contributed by atoms with Gasteiger partial charge in [0.25, 0.3) is 5.91 Å². The molecule has 1 N–H and O–H groups in total. The van der Waals surface area contributed by atoms with Crippen LogP contribution in [0.3, 0.4) is 0 Å². The van der Waals surface area contributed by atoms with Crippen LogP contribution in [0.2, 0.25) is 5.02 Å². The summed E-state index contributed by atoms with van der Waals surface area (Å²) in [5.74, 6) is 0.302. The highest BCUT2D eigenvalue weighted by molar-refractivity contribution is 7.98. The molecule has 0 fully saturated rings. The number of anilines is 1. The first-order chi connectivity index (χ1) is 17.0. The van der Waals surface area contributed by atoms with Crippen molar-refractivity contribution in [1.82, 2.24) is 4.98 Å². The fraction of sp³-hybridized carbons (Fsp3) is 0.111. The van der Waals surface area contributed by atoms with E-state index in [0.29, 0.717) is 33.3 Å². The normalized spacial score (nSPS) is 10.6. The second-order valence-corrected chi connectivity index (χ2v) is 8.88. The number of rotatable bonds is 8. The topological polar surface area (TPSA) is 80.7 Å². The zero-order valence-corrected chi connectivity index (χ0v) is 20.7. The van der Waals surface area contributed by atoms with E-state index in [4.69, 9.17) is 16.3 Å². The number of benzene rings is 3. The third-order valence-electron chi connectivity index (χ3n) is 5.46. The number of carbonyl (C=O) groups excluding carboxylic acids is 1. The predicted molar refractivity (Wildman–Crippen MR) is 142 cm³/mol. The number of nitrogens with one attached hydrogen (secondary N) is 1. The van der Waals surface area contributed by atoms with Crippen molar-refractivity contribution >= 4 is 35.0 Å². The smallest absolute Gasteiger partial charge is 0.256 e. The summed E-state index contributed by atoms with van der Waals surface area (Å²) in [6.07, 6.45) is 3.67. The lowest BCUT2D eigenvalue weighted by atomic mass is 9.97. The molecule has 0 saturated heterocycles. The lowest BCUT2D eigenvalue weighted by Crippen LogP contribution is -2.13. The molecule has 4 rings (SSSR count). The molecule has 1 amide bonds. The van der Waals surface area contributed by atoms with Crippen LogP contribution in [0, 0.1) is 4.91 Å². The number of hydrogen-bond acceptors (Lipinski definition) is 6. The maximum Gasteiger partial charge on any atom is 0.256 e. The van der Waals surface area contributed by atoms with E-state index >= 15 is 0 Å². The lowest BCUT2D eigenvalue weighted by molar-refractivity contribution is 0.102. The number of halogens is 1. The van der Waals surface area contributed by atoms with Crippen LogP contribution in [0.1, 0.15) is 15.9 Å². The largest absolute Gasteiger partial charge is 0.496 e. The molecule has 0 aliphatic rings. The van der Waals surface area contributed by atoms with Crippen LogP contribution in [0.25, 0.3) is 22.4 Å². The summed E-state index contributed by atoms with van der Waals surface area (Å²) < 4.78 is 5.35. The van der Waals surface area contributed by atoms with E-state index < -0.39 is 0 Å². The van der Waals surface area contributed by atoms with E-state index in [1.165, 1.54) is 0 Å². The number of hydrogen-bond donors (Lipinski definition) is 1. The second kappa shape index (κ2) is 11.2. The minimum Gasteiger partial charge on any atom is -0.496 e. The molecule has 4 aromatic rings. The number of aromatic nitrogens is 1. The van der Waals surface area contributed by atoms with Gasteiger partial charge >= 0.3 is 0 Å².